The lowest BCUT2D eigenvalue weighted by Gasteiger charge is -2.26. The van der Waals surface area contributed by atoms with Crippen LogP contribution < -0.4 is 21.3 Å². The van der Waals surface area contributed by atoms with E-state index in [2.05, 4.69) is 16.0 Å². The fourth-order valence-corrected chi connectivity index (χ4v) is 3.68. The first-order valence-corrected chi connectivity index (χ1v) is 13.5. The highest BCUT2D eigenvalue weighted by Gasteiger charge is 2.32. The van der Waals surface area contributed by atoms with Crippen molar-refractivity contribution in [2.75, 3.05) is 0 Å². The van der Waals surface area contributed by atoms with Crippen molar-refractivity contribution >= 4 is 53.5 Å². The minimum absolute atomic E-state index is 0.0447. The molecule has 9 N–H and O–H groups in total. The third-order valence-corrected chi connectivity index (χ3v) is 5.81. The number of carbonyl (C=O) groups is 9. The summed E-state index contributed by atoms with van der Waals surface area (Å²) >= 11 is 0. The zero-order valence-electron chi connectivity index (χ0n) is 24.6. The molecular formula is C26H40N4O14. The molecule has 0 saturated heterocycles. The van der Waals surface area contributed by atoms with Crippen molar-refractivity contribution in [3.8, 4) is 0 Å². The minimum Gasteiger partial charge on any atom is -0.481 e. The highest BCUT2D eigenvalue weighted by atomic mass is 16.4. The molecule has 0 aromatic carbocycles. The molecule has 0 aliphatic rings. The molecule has 0 aliphatic heterocycles. The van der Waals surface area contributed by atoms with Crippen molar-refractivity contribution < 1.29 is 68.7 Å². The molecule has 0 heterocycles. The van der Waals surface area contributed by atoms with Crippen LogP contribution in [0.5, 0.6) is 0 Å². The van der Waals surface area contributed by atoms with Gasteiger partial charge in [0.1, 0.15) is 24.2 Å². The van der Waals surface area contributed by atoms with Crippen LogP contribution in [-0.4, -0.2) is 103 Å². The van der Waals surface area contributed by atoms with Crippen molar-refractivity contribution in [3.05, 3.63) is 0 Å². The fraction of sp³-hybridized carbons (Fsp3) is 0.654. The molecule has 18 nitrogen and oxygen atoms in total. The molecule has 44 heavy (non-hydrogen) atoms. The monoisotopic (exact) mass is 632 g/mol. The molecule has 0 rings (SSSR count). The maximum Gasteiger partial charge on any atom is 0.326 e. The minimum atomic E-state index is -1.71. The lowest BCUT2D eigenvalue weighted by Crippen LogP contribution is -2.58. The van der Waals surface area contributed by atoms with Crippen LogP contribution in [0.25, 0.3) is 0 Å². The highest BCUT2D eigenvalue weighted by Crippen LogP contribution is 2.18. The van der Waals surface area contributed by atoms with E-state index in [0.717, 1.165) is 0 Å². The van der Waals surface area contributed by atoms with Crippen molar-refractivity contribution in [3.63, 3.8) is 0 Å². The Morgan fingerprint density at radius 1 is 0.477 bits per heavy atom. The molecule has 0 unspecified atom stereocenters. The van der Waals surface area contributed by atoms with Gasteiger partial charge in [-0.25, -0.2) is 4.79 Å². The Labute approximate surface area is 251 Å². The van der Waals surface area contributed by atoms with Crippen molar-refractivity contribution in [1.29, 1.82) is 0 Å². The lowest BCUT2D eigenvalue weighted by atomic mass is 9.91. The number of carboxylic acid groups (broad SMARTS) is 5. The summed E-state index contributed by atoms with van der Waals surface area (Å²) in [6.45, 7) is 5.23. The average Bonchev–Trinajstić information content (AvgIpc) is 2.86. The molecule has 0 saturated carbocycles. The molecule has 0 radical (unpaired) electrons. The van der Waals surface area contributed by atoms with E-state index in [4.69, 9.17) is 20.4 Å². The normalized spacial score (nSPS) is 13.7. The third kappa shape index (κ3) is 17.9. The number of hydrogen-bond acceptors (Lipinski definition) is 9. The van der Waals surface area contributed by atoms with Gasteiger partial charge in [-0.05, 0) is 31.1 Å². The Hall–Kier alpha value is -4.77. The quantitative estimate of drug-likeness (QED) is 0.0726. The van der Waals surface area contributed by atoms with Crippen LogP contribution in [0.3, 0.4) is 0 Å². The second-order valence-corrected chi connectivity index (χ2v) is 11.1. The van der Waals surface area contributed by atoms with Crippen molar-refractivity contribution in [2.45, 2.75) is 103 Å². The Bertz CT molecular complexity index is 1100. The summed E-state index contributed by atoms with van der Waals surface area (Å²) in [5.74, 6) is -11.0. The van der Waals surface area contributed by atoms with Gasteiger partial charge in [0.2, 0.25) is 23.6 Å². The van der Waals surface area contributed by atoms with Crippen LogP contribution in [0.1, 0.15) is 78.6 Å². The number of rotatable bonds is 21. The second-order valence-electron chi connectivity index (χ2n) is 11.1. The number of nitrogens with one attached hydrogen (secondary N) is 4. The largest absolute Gasteiger partial charge is 0.481 e. The van der Waals surface area contributed by atoms with Crippen LogP contribution >= 0.6 is 0 Å². The number of amides is 4. The smallest absolute Gasteiger partial charge is 0.326 e. The Balaban J connectivity index is 6.04. The molecule has 0 aromatic heterocycles. The topological polar surface area (TPSA) is 303 Å². The molecule has 0 bridgehead atoms. The van der Waals surface area contributed by atoms with Crippen molar-refractivity contribution in [2.24, 2.45) is 5.41 Å². The van der Waals surface area contributed by atoms with Crippen LogP contribution in [-0.2, 0) is 43.2 Å². The van der Waals surface area contributed by atoms with E-state index >= 15 is 0 Å². The predicted octanol–water partition coefficient (Wildman–Crippen LogP) is -1.09. The van der Waals surface area contributed by atoms with Crippen LogP contribution in [0.15, 0.2) is 0 Å². The molecule has 0 fully saturated rings. The number of aliphatic carboxylic acids is 5. The summed E-state index contributed by atoms with van der Waals surface area (Å²) in [5.41, 5.74) is -0.499. The molecule has 4 amide bonds. The van der Waals surface area contributed by atoms with E-state index < -0.39 is 128 Å². The molecule has 0 aromatic rings. The van der Waals surface area contributed by atoms with Gasteiger partial charge in [0.25, 0.3) is 0 Å². The van der Waals surface area contributed by atoms with Crippen LogP contribution in [0, 0.1) is 5.41 Å². The standard InChI is InChI=1S/C26H40N4O14/c1-26(2,3)12-17(31)27-13(4-8-18(32)33)22(40)28-14(5-9-19(34)35)23(41)29-15(6-10-20(36)37)24(42)30-16(25(43)44)7-11-21(38)39/h13-16H,4-12H2,1-3H3,(H,27,31)(H,28,40)(H,29,41)(H,30,42)(H,32,33)(H,34,35)(H,36,37)(H,38,39)(H,43,44)/t13-,14-,15-,16-/m0/s1. The maximum absolute atomic E-state index is 13.2. The number of carbonyl (C=O) groups excluding carboxylic acids is 4. The van der Waals surface area contributed by atoms with Gasteiger partial charge in [0.05, 0.1) is 0 Å². The summed E-state index contributed by atoms with van der Waals surface area (Å²) < 4.78 is 0. The van der Waals surface area contributed by atoms with E-state index in [1.807, 2.05) is 5.32 Å². The first-order chi connectivity index (χ1) is 20.2. The summed E-state index contributed by atoms with van der Waals surface area (Å²) in [6.07, 6.45) is -4.62. The summed E-state index contributed by atoms with van der Waals surface area (Å²) in [6, 6.07) is -6.54. The number of carboxylic acids is 5. The first-order valence-electron chi connectivity index (χ1n) is 13.5. The number of hydrogen-bond donors (Lipinski definition) is 9. The van der Waals surface area contributed by atoms with Crippen LogP contribution in [0.4, 0.5) is 0 Å². The highest BCUT2D eigenvalue weighted by molar-refractivity contribution is 5.95. The lowest BCUT2D eigenvalue weighted by molar-refractivity contribution is -0.144. The van der Waals surface area contributed by atoms with Gasteiger partial charge >= 0.3 is 29.8 Å². The second kappa shape index (κ2) is 18.7. The molecule has 18 heteroatoms. The van der Waals surface area contributed by atoms with Gasteiger partial charge in [0, 0.05) is 32.1 Å². The Kier molecular flexibility index (Phi) is 16.7. The zero-order chi connectivity index (χ0) is 34.2. The molecule has 248 valence electrons. The average molecular weight is 633 g/mol. The van der Waals surface area contributed by atoms with Gasteiger partial charge in [-0.2, -0.15) is 0 Å². The summed E-state index contributed by atoms with van der Waals surface area (Å²) in [4.78, 5) is 107. The van der Waals surface area contributed by atoms with E-state index in [9.17, 15) is 48.3 Å². The van der Waals surface area contributed by atoms with Crippen molar-refractivity contribution in [1.82, 2.24) is 21.3 Å². The van der Waals surface area contributed by atoms with Gasteiger partial charge in [0.15, 0.2) is 0 Å². The maximum atomic E-state index is 13.2. The Morgan fingerprint density at radius 2 is 0.750 bits per heavy atom. The van der Waals surface area contributed by atoms with E-state index in [-0.39, 0.29) is 12.8 Å². The molecule has 0 spiro atoms. The fourth-order valence-electron chi connectivity index (χ4n) is 3.68. The first kappa shape index (κ1) is 39.2. The van der Waals surface area contributed by atoms with Gasteiger partial charge in [-0.1, -0.05) is 20.8 Å². The Morgan fingerprint density at radius 3 is 1.02 bits per heavy atom. The zero-order valence-corrected chi connectivity index (χ0v) is 24.6. The SMILES string of the molecule is CC(C)(C)CC(=O)N[C@@H](CCC(=O)O)C(=O)N[C@@H](CCC(=O)O)C(=O)N[C@@H](CCC(=O)O)C(=O)N[C@@H](CCC(=O)O)C(=O)O. The molecule has 4 atom stereocenters. The van der Waals surface area contributed by atoms with E-state index in [1.54, 1.807) is 20.8 Å². The van der Waals surface area contributed by atoms with Crippen LogP contribution in [0.2, 0.25) is 0 Å². The van der Waals surface area contributed by atoms with E-state index in [0.29, 0.717) is 0 Å². The van der Waals surface area contributed by atoms with Gasteiger partial charge in [-0.3, -0.25) is 38.4 Å². The third-order valence-electron chi connectivity index (χ3n) is 5.81. The summed E-state index contributed by atoms with van der Waals surface area (Å²) in [5, 5.41) is 54.2. The summed E-state index contributed by atoms with van der Waals surface area (Å²) in [7, 11) is 0. The molecular weight excluding hydrogens is 592 g/mol. The van der Waals surface area contributed by atoms with Gasteiger partial charge in [-0.15, -0.1) is 0 Å². The molecule has 0 aliphatic carbocycles. The predicted molar refractivity (Wildman–Crippen MR) is 147 cm³/mol. The van der Waals surface area contributed by atoms with E-state index in [1.165, 1.54) is 0 Å². The van der Waals surface area contributed by atoms with Gasteiger partial charge < -0.3 is 46.8 Å².